The molecule has 1 heterocycles. The molecule has 0 bridgehead atoms. The minimum atomic E-state index is -1.56. The highest BCUT2D eigenvalue weighted by atomic mass is 28.4. The molecule has 0 aromatic carbocycles. The molecular weight excluding hydrogens is 214 g/mol. The zero-order chi connectivity index (χ0) is 12.6. The highest BCUT2D eigenvalue weighted by molar-refractivity contribution is 6.74. The van der Waals surface area contributed by atoms with Crippen LogP contribution in [0.5, 0.6) is 0 Å². The minimum absolute atomic E-state index is 0.332. The van der Waals surface area contributed by atoms with E-state index in [0.717, 1.165) is 6.54 Å². The monoisotopic (exact) mass is 243 g/mol. The van der Waals surface area contributed by atoms with E-state index in [0.29, 0.717) is 17.2 Å². The summed E-state index contributed by atoms with van der Waals surface area (Å²) in [5.74, 6) is 0. The van der Waals surface area contributed by atoms with Crippen LogP contribution in [-0.4, -0.2) is 38.5 Å². The summed E-state index contributed by atoms with van der Waals surface area (Å²) in [6.45, 7) is 18.5. The van der Waals surface area contributed by atoms with Crippen LogP contribution < -0.4 is 0 Å². The van der Waals surface area contributed by atoms with Crippen LogP contribution in [0.1, 0.15) is 41.0 Å². The maximum atomic E-state index is 6.44. The maximum absolute atomic E-state index is 6.44. The molecule has 0 N–H and O–H groups in total. The first-order chi connectivity index (χ1) is 7.13. The summed E-state index contributed by atoms with van der Waals surface area (Å²) in [5.41, 5.74) is 0. The van der Waals surface area contributed by atoms with Crippen molar-refractivity contribution in [2.75, 3.05) is 13.1 Å². The Morgan fingerprint density at radius 2 is 1.81 bits per heavy atom. The van der Waals surface area contributed by atoms with Crippen molar-refractivity contribution in [3.05, 3.63) is 0 Å². The molecule has 16 heavy (non-hydrogen) atoms. The lowest BCUT2D eigenvalue weighted by molar-refractivity contribution is 0.171. The summed E-state index contributed by atoms with van der Waals surface area (Å²) >= 11 is 0. The first kappa shape index (κ1) is 14.2. The van der Waals surface area contributed by atoms with Crippen LogP contribution in [0.2, 0.25) is 18.1 Å². The smallest absolute Gasteiger partial charge is 0.192 e. The van der Waals surface area contributed by atoms with Gasteiger partial charge in [0.2, 0.25) is 0 Å². The van der Waals surface area contributed by atoms with Crippen molar-refractivity contribution in [1.29, 1.82) is 0 Å². The fourth-order valence-electron chi connectivity index (χ4n) is 1.91. The number of hydrogen-bond donors (Lipinski definition) is 0. The highest BCUT2D eigenvalue weighted by Gasteiger charge is 2.40. The molecule has 2 nitrogen and oxygen atoms in total. The van der Waals surface area contributed by atoms with Gasteiger partial charge in [0, 0.05) is 19.1 Å². The summed E-state index contributed by atoms with van der Waals surface area (Å²) in [6, 6.07) is 0.660. The van der Waals surface area contributed by atoms with Gasteiger partial charge in [0.05, 0.1) is 6.10 Å². The van der Waals surface area contributed by atoms with E-state index in [1.807, 2.05) is 0 Å². The SMILES string of the molecule is CC(C)N1CC[C@H](O[Si](C)(C)C(C)(C)C)C1. The third kappa shape index (κ3) is 3.31. The van der Waals surface area contributed by atoms with E-state index in [2.05, 4.69) is 52.6 Å². The van der Waals surface area contributed by atoms with Gasteiger partial charge in [0.1, 0.15) is 0 Å². The van der Waals surface area contributed by atoms with E-state index in [1.54, 1.807) is 0 Å². The number of nitrogens with zero attached hydrogens (tertiary/aromatic N) is 1. The minimum Gasteiger partial charge on any atom is -0.413 e. The lowest BCUT2D eigenvalue weighted by Crippen LogP contribution is -2.44. The Morgan fingerprint density at radius 1 is 1.25 bits per heavy atom. The van der Waals surface area contributed by atoms with Gasteiger partial charge in [-0.1, -0.05) is 20.8 Å². The van der Waals surface area contributed by atoms with Crippen molar-refractivity contribution in [3.63, 3.8) is 0 Å². The van der Waals surface area contributed by atoms with Gasteiger partial charge in [-0.2, -0.15) is 0 Å². The molecule has 1 rings (SSSR count). The molecule has 3 heteroatoms. The third-order valence-corrected chi connectivity index (χ3v) is 8.71. The van der Waals surface area contributed by atoms with E-state index < -0.39 is 8.32 Å². The number of hydrogen-bond acceptors (Lipinski definition) is 2. The molecule has 0 aliphatic carbocycles. The summed E-state index contributed by atoms with van der Waals surface area (Å²) in [5, 5.41) is 0.332. The highest BCUT2D eigenvalue weighted by Crippen LogP contribution is 2.38. The third-order valence-electron chi connectivity index (χ3n) is 4.17. The topological polar surface area (TPSA) is 12.5 Å². The predicted molar refractivity (Wildman–Crippen MR) is 73.4 cm³/mol. The zero-order valence-electron chi connectivity index (χ0n) is 12.1. The van der Waals surface area contributed by atoms with Crippen molar-refractivity contribution in [2.45, 2.75) is 71.3 Å². The Hall–Kier alpha value is 0.137. The average molecular weight is 243 g/mol. The molecule has 1 aliphatic heterocycles. The fraction of sp³-hybridized carbons (Fsp3) is 1.00. The number of rotatable bonds is 3. The molecule has 0 aromatic rings. The van der Waals surface area contributed by atoms with Gasteiger partial charge in [0.25, 0.3) is 0 Å². The second-order valence-electron chi connectivity index (χ2n) is 6.88. The average Bonchev–Trinajstić information content (AvgIpc) is 2.49. The van der Waals surface area contributed by atoms with Crippen LogP contribution >= 0.6 is 0 Å². The van der Waals surface area contributed by atoms with Crippen LogP contribution in [0, 0.1) is 0 Å². The lowest BCUT2D eigenvalue weighted by Gasteiger charge is -2.38. The van der Waals surface area contributed by atoms with E-state index in [1.165, 1.54) is 13.0 Å². The van der Waals surface area contributed by atoms with Crippen molar-refractivity contribution in [2.24, 2.45) is 0 Å². The Kier molecular flexibility index (Phi) is 4.25. The van der Waals surface area contributed by atoms with Gasteiger partial charge < -0.3 is 4.43 Å². The van der Waals surface area contributed by atoms with Gasteiger partial charge in [-0.05, 0) is 38.4 Å². The molecule has 96 valence electrons. The van der Waals surface area contributed by atoms with Gasteiger partial charge in [-0.3, -0.25) is 4.90 Å². The first-order valence-electron chi connectivity index (χ1n) is 6.55. The summed E-state index contributed by atoms with van der Waals surface area (Å²) < 4.78 is 6.44. The van der Waals surface area contributed by atoms with Crippen LogP contribution in [0.4, 0.5) is 0 Å². The van der Waals surface area contributed by atoms with Crippen molar-refractivity contribution in [1.82, 2.24) is 4.90 Å². The second-order valence-corrected chi connectivity index (χ2v) is 11.6. The second kappa shape index (κ2) is 4.79. The Morgan fingerprint density at radius 3 is 2.19 bits per heavy atom. The molecule has 0 amide bonds. The van der Waals surface area contributed by atoms with Gasteiger partial charge in [-0.25, -0.2) is 0 Å². The van der Waals surface area contributed by atoms with Crippen molar-refractivity contribution < 1.29 is 4.43 Å². The van der Waals surface area contributed by atoms with Crippen LogP contribution in [0.15, 0.2) is 0 Å². The predicted octanol–water partition coefficient (Wildman–Crippen LogP) is 3.49. The van der Waals surface area contributed by atoms with E-state index >= 15 is 0 Å². The lowest BCUT2D eigenvalue weighted by atomic mass is 10.2. The Balaban J connectivity index is 2.51. The van der Waals surface area contributed by atoms with Crippen molar-refractivity contribution in [3.8, 4) is 0 Å². The summed E-state index contributed by atoms with van der Waals surface area (Å²) in [6.07, 6.45) is 1.69. The first-order valence-corrected chi connectivity index (χ1v) is 9.46. The van der Waals surface area contributed by atoms with Gasteiger partial charge >= 0.3 is 0 Å². The van der Waals surface area contributed by atoms with Crippen LogP contribution in [0.25, 0.3) is 0 Å². The maximum Gasteiger partial charge on any atom is 0.192 e. The van der Waals surface area contributed by atoms with Crippen LogP contribution in [0.3, 0.4) is 0 Å². The molecular formula is C13H29NOSi. The van der Waals surface area contributed by atoms with E-state index in [9.17, 15) is 0 Å². The molecule has 0 unspecified atom stereocenters. The summed E-state index contributed by atoms with van der Waals surface area (Å²) in [4.78, 5) is 2.53. The molecule has 0 aromatic heterocycles. The molecule has 1 aliphatic rings. The molecule has 0 radical (unpaired) electrons. The summed E-state index contributed by atoms with van der Waals surface area (Å²) in [7, 11) is -1.56. The molecule has 1 saturated heterocycles. The van der Waals surface area contributed by atoms with Crippen molar-refractivity contribution >= 4 is 8.32 Å². The van der Waals surface area contributed by atoms with Gasteiger partial charge in [-0.15, -0.1) is 0 Å². The normalized spacial score (nSPS) is 24.4. The van der Waals surface area contributed by atoms with Crippen LogP contribution in [-0.2, 0) is 4.43 Å². The standard InChI is InChI=1S/C13H29NOSi/c1-11(2)14-9-8-12(10-14)15-16(6,7)13(3,4)5/h11-12H,8-10H2,1-7H3/t12-/m0/s1. The Labute approximate surface area is 102 Å². The molecule has 0 saturated carbocycles. The largest absolute Gasteiger partial charge is 0.413 e. The Bertz CT molecular complexity index is 233. The quantitative estimate of drug-likeness (QED) is 0.704. The molecule has 1 atom stereocenters. The number of likely N-dealkylation sites (tertiary alicyclic amines) is 1. The fourth-order valence-corrected chi connectivity index (χ4v) is 3.29. The van der Waals surface area contributed by atoms with E-state index in [4.69, 9.17) is 4.43 Å². The molecule has 0 spiro atoms. The molecule has 1 fully saturated rings. The van der Waals surface area contributed by atoms with Gasteiger partial charge in [0.15, 0.2) is 8.32 Å². The van der Waals surface area contributed by atoms with E-state index in [-0.39, 0.29) is 0 Å². The zero-order valence-corrected chi connectivity index (χ0v) is 13.1.